The molecule has 0 aliphatic carbocycles. The predicted octanol–water partition coefficient (Wildman–Crippen LogP) is 1.60. The number of hydrogen-bond acceptors (Lipinski definition) is 2. The highest BCUT2D eigenvalue weighted by molar-refractivity contribution is 5.26. The molecular formula is C10H14FNO. The van der Waals surface area contributed by atoms with Gasteiger partial charge in [0.25, 0.3) is 0 Å². The van der Waals surface area contributed by atoms with Crippen molar-refractivity contribution in [1.29, 1.82) is 0 Å². The molecule has 1 aromatic carbocycles. The highest BCUT2D eigenvalue weighted by atomic mass is 19.1. The molecule has 13 heavy (non-hydrogen) atoms. The van der Waals surface area contributed by atoms with E-state index in [0.717, 1.165) is 5.56 Å². The van der Waals surface area contributed by atoms with E-state index in [0.29, 0.717) is 5.56 Å². The molecule has 3 heteroatoms. The van der Waals surface area contributed by atoms with Crippen LogP contribution in [0.4, 0.5) is 4.39 Å². The highest BCUT2D eigenvalue weighted by Gasteiger charge is 2.08. The van der Waals surface area contributed by atoms with E-state index in [4.69, 9.17) is 5.11 Å². The van der Waals surface area contributed by atoms with Crippen LogP contribution in [0.3, 0.4) is 0 Å². The molecule has 0 aromatic heterocycles. The van der Waals surface area contributed by atoms with Crippen molar-refractivity contribution in [2.24, 2.45) is 0 Å². The van der Waals surface area contributed by atoms with Gasteiger partial charge in [-0.25, -0.2) is 4.39 Å². The Labute approximate surface area is 77.4 Å². The maximum absolute atomic E-state index is 13.2. The first kappa shape index (κ1) is 10.2. The van der Waals surface area contributed by atoms with Gasteiger partial charge in [-0.1, -0.05) is 6.07 Å². The Morgan fingerprint density at radius 3 is 2.77 bits per heavy atom. The van der Waals surface area contributed by atoms with Gasteiger partial charge >= 0.3 is 0 Å². The molecule has 0 aliphatic heterocycles. The van der Waals surface area contributed by atoms with Crippen LogP contribution >= 0.6 is 0 Å². The number of halogens is 1. The minimum Gasteiger partial charge on any atom is -0.392 e. The summed E-state index contributed by atoms with van der Waals surface area (Å²) in [5, 5.41) is 11.8. The molecule has 0 spiro atoms. The quantitative estimate of drug-likeness (QED) is 0.746. The smallest absolute Gasteiger partial charge is 0.127 e. The standard InChI is InChI=1S/C10H14FNO/c1-7(12-2)9-5-8(6-13)3-4-10(9)11/h3-5,7,12-13H,6H2,1-2H3/t7-/m0/s1. The third-order valence-electron chi connectivity index (χ3n) is 2.14. The van der Waals surface area contributed by atoms with E-state index >= 15 is 0 Å². The normalized spacial score (nSPS) is 12.9. The van der Waals surface area contributed by atoms with Crippen molar-refractivity contribution in [3.8, 4) is 0 Å². The lowest BCUT2D eigenvalue weighted by Crippen LogP contribution is -2.14. The third-order valence-corrected chi connectivity index (χ3v) is 2.14. The zero-order valence-electron chi connectivity index (χ0n) is 7.84. The van der Waals surface area contributed by atoms with Crippen molar-refractivity contribution >= 4 is 0 Å². The molecule has 1 aromatic rings. The fraction of sp³-hybridized carbons (Fsp3) is 0.400. The Balaban J connectivity index is 3.03. The van der Waals surface area contributed by atoms with E-state index in [-0.39, 0.29) is 18.5 Å². The molecular weight excluding hydrogens is 169 g/mol. The maximum atomic E-state index is 13.2. The van der Waals surface area contributed by atoms with Crippen LogP contribution in [-0.2, 0) is 6.61 Å². The molecule has 1 rings (SSSR count). The molecule has 0 saturated carbocycles. The van der Waals surface area contributed by atoms with Crippen LogP contribution in [0.5, 0.6) is 0 Å². The van der Waals surface area contributed by atoms with Crippen molar-refractivity contribution in [2.75, 3.05) is 7.05 Å². The van der Waals surface area contributed by atoms with Gasteiger partial charge in [-0.2, -0.15) is 0 Å². The van der Waals surface area contributed by atoms with E-state index in [9.17, 15) is 4.39 Å². The topological polar surface area (TPSA) is 32.3 Å². The SMILES string of the molecule is CN[C@@H](C)c1cc(CO)ccc1F. The Morgan fingerprint density at radius 1 is 1.54 bits per heavy atom. The molecule has 0 unspecified atom stereocenters. The second kappa shape index (κ2) is 4.35. The summed E-state index contributed by atoms with van der Waals surface area (Å²) in [5.41, 5.74) is 1.33. The Bertz CT molecular complexity index is 288. The first-order chi connectivity index (χ1) is 6.19. The van der Waals surface area contributed by atoms with Gasteiger partial charge in [0, 0.05) is 11.6 Å². The first-order valence-electron chi connectivity index (χ1n) is 4.25. The van der Waals surface area contributed by atoms with Gasteiger partial charge in [0.05, 0.1) is 6.61 Å². The number of aliphatic hydroxyl groups excluding tert-OH is 1. The number of hydrogen-bond donors (Lipinski definition) is 2. The summed E-state index contributed by atoms with van der Waals surface area (Å²) in [6, 6.07) is 4.61. The van der Waals surface area contributed by atoms with E-state index in [1.807, 2.05) is 6.92 Å². The van der Waals surface area contributed by atoms with E-state index in [1.54, 1.807) is 19.2 Å². The molecule has 0 saturated heterocycles. The fourth-order valence-electron chi connectivity index (χ4n) is 1.18. The van der Waals surface area contributed by atoms with Crippen LogP contribution in [-0.4, -0.2) is 12.2 Å². The van der Waals surface area contributed by atoms with E-state index < -0.39 is 0 Å². The summed E-state index contributed by atoms with van der Waals surface area (Å²) < 4.78 is 13.2. The number of nitrogens with one attached hydrogen (secondary N) is 1. The number of aliphatic hydroxyl groups is 1. The van der Waals surface area contributed by atoms with Gasteiger partial charge in [0.2, 0.25) is 0 Å². The second-order valence-electron chi connectivity index (χ2n) is 3.02. The van der Waals surface area contributed by atoms with Crippen molar-refractivity contribution in [1.82, 2.24) is 5.32 Å². The van der Waals surface area contributed by atoms with Crippen LogP contribution < -0.4 is 5.32 Å². The molecule has 0 amide bonds. The van der Waals surface area contributed by atoms with Crippen LogP contribution in [0.25, 0.3) is 0 Å². The van der Waals surface area contributed by atoms with Crippen molar-refractivity contribution in [2.45, 2.75) is 19.6 Å². The highest BCUT2D eigenvalue weighted by Crippen LogP contribution is 2.17. The number of rotatable bonds is 3. The van der Waals surface area contributed by atoms with Crippen LogP contribution in [0.1, 0.15) is 24.1 Å². The summed E-state index contributed by atoms with van der Waals surface area (Å²) in [6.45, 7) is 1.82. The summed E-state index contributed by atoms with van der Waals surface area (Å²) >= 11 is 0. The summed E-state index contributed by atoms with van der Waals surface area (Å²) in [4.78, 5) is 0. The van der Waals surface area contributed by atoms with Gasteiger partial charge < -0.3 is 10.4 Å². The number of benzene rings is 1. The molecule has 0 fully saturated rings. The van der Waals surface area contributed by atoms with Gasteiger partial charge in [0.15, 0.2) is 0 Å². The van der Waals surface area contributed by atoms with E-state index in [1.165, 1.54) is 6.07 Å². The van der Waals surface area contributed by atoms with Gasteiger partial charge in [-0.15, -0.1) is 0 Å². The van der Waals surface area contributed by atoms with Crippen LogP contribution in [0.2, 0.25) is 0 Å². The lowest BCUT2D eigenvalue weighted by atomic mass is 10.0. The molecule has 2 nitrogen and oxygen atoms in total. The fourth-order valence-corrected chi connectivity index (χ4v) is 1.18. The summed E-state index contributed by atoms with van der Waals surface area (Å²) in [6.07, 6.45) is 0. The molecule has 0 aliphatic rings. The minimum absolute atomic E-state index is 0.0356. The van der Waals surface area contributed by atoms with Crippen molar-refractivity contribution in [3.05, 3.63) is 35.1 Å². The minimum atomic E-state index is -0.237. The predicted molar refractivity (Wildman–Crippen MR) is 49.8 cm³/mol. The molecule has 1 atom stereocenters. The zero-order valence-corrected chi connectivity index (χ0v) is 7.84. The van der Waals surface area contributed by atoms with Gasteiger partial charge in [-0.3, -0.25) is 0 Å². The molecule has 0 bridgehead atoms. The van der Waals surface area contributed by atoms with Crippen LogP contribution in [0.15, 0.2) is 18.2 Å². The lowest BCUT2D eigenvalue weighted by Gasteiger charge is -2.12. The van der Waals surface area contributed by atoms with Gasteiger partial charge in [0.1, 0.15) is 5.82 Å². The van der Waals surface area contributed by atoms with Crippen molar-refractivity contribution in [3.63, 3.8) is 0 Å². The zero-order chi connectivity index (χ0) is 9.84. The Morgan fingerprint density at radius 2 is 2.23 bits per heavy atom. The average molecular weight is 183 g/mol. The first-order valence-corrected chi connectivity index (χ1v) is 4.25. The van der Waals surface area contributed by atoms with Crippen LogP contribution in [0, 0.1) is 5.82 Å². The maximum Gasteiger partial charge on any atom is 0.127 e. The molecule has 72 valence electrons. The molecule has 2 N–H and O–H groups in total. The Hall–Kier alpha value is -0.930. The lowest BCUT2D eigenvalue weighted by molar-refractivity contribution is 0.281. The largest absolute Gasteiger partial charge is 0.392 e. The van der Waals surface area contributed by atoms with Crippen molar-refractivity contribution < 1.29 is 9.50 Å². The third kappa shape index (κ3) is 2.26. The summed E-state index contributed by atoms with van der Waals surface area (Å²) in [7, 11) is 1.77. The summed E-state index contributed by atoms with van der Waals surface area (Å²) in [5.74, 6) is -0.237. The monoisotopic (exact) mass is 183 g/mol. The molecule has 0 radical (unpaired) electrons. The molecule has 0 heterocycles. The second-order valence-corrected chi connectivity index (χ2v) is 3.02. The van der Waals surface area contributed by atoms with E-state index in [2.05, 4.69) is 5.32 Å². The van der Waals surface area contributed by atoms with Gasteiger partial charge in [-0.05, 0) is 31.7 Å². The average Bonchev–Trinajstić information content (AvgIpc) is 2.17. The Kier molecular flexibility index (Phi) is 3.39.